The van der Waals surface area contributed by atoms with Gasteiger partial charge in [-0.2, -0.15) is 0 Å². The predicted octanol–water partition coefficient (Wildman–Crippen LogP) is 3.21. The van der Waals surface area contributed by atoms with E-state index in [1.165, 1.54) is 43.5 Å². The number of hydrogen-bond donors (Lipinski definition) is 1. The van der Waals surface area contributed by atoms with Crippen molar-refractivity contribution in [2.75, 3.05) is 14.2 Å². The first-order chi connectivity index (χ1) is 14.7. The second kappa shape index (κ2) is 9.03. The molecule has 0 aromatic heterocycles. The third kappa shape index (κ3) is 4.26. The topological polar surface area (TPSA) is 139 Å². The van der Waals surface area contributed by atoms with Crippen molar-refractivity contribution in [3.8, 4) is 5.75 Å². The summed E-state index contributed by atoms with van der Waals surface area (Å²) in [5, 5.41) is 12.0. The summed E-state index contributed by atoms with van der Waals surface area (Å²) in [6.07, 6.45) is 2.99. The average Bonchev–Trinajstić information content (AvgIpc) is 2.77. The number of amides is 1. The van der Waals surface area contributed by atoms with E-state index in [4.69, 9.17) is 15.2 Å². The molecule has 0 saturated heterocycles. The Morgan fingerprint density at radius 2 is 1.71 bits per heavy atom. The van der Waals surface area contributed by atoms with Crippen LogP contribution in [0.1, 0.15) is 47.5 Å². The number of hydrogen-bond acceptors (Lipinski definition) is 7. The van der Waals surface area contributed by atoms with Gasteiger partial charge in [0.2, 0.25) is 21.5 Å². The van der Waals surface area contributed by atoms with Gasteiger partial charge in [0.1, 0.15) is 4.90 Å². The molecule has 1 fully saturated rings. The average molecular weight is 448 g/mol. The Morgan fingerprint density at radius 1 is 1.06 bits per heavy atom. The van der Waals surface area contributed by atoms with Crippen LogP contribution >= 0.6 is 0 Å². The van der Waals surface area contributed by atoms with Gasteiger partial charge < -0.3 is 15.2 Å². The second-order valence-electron chi connectivity index (χ2n) is 7.37. The van der Waals surface area contributed by atoms with Gasteiger partial charge in [-0.3, -0.25) is 14.9 Å². The molecule has 3 rings (SSSR count). The Bertz CT molecular complexity index is 1110. The van der Waals surface area contributed by atoms with Crippen LogP contribution in [0.2, 0.25) is 0 Å². The zero-order valence-electron chi connectivity index (χ0n) is 17.2. The maximum Gasteiger partial charge on any atom is 0.315 e. The highest BCUT2D eigenvalue weighted by atomic mass is 32.2. The fraction of sp³-hybridized carbons (Fsp3) is 0.381. The SMILES string of the molecule is COc1c(S(=O)(=O)c2ccccc2C(N)=O)ccc([C@H]2CC[C@@H](OC)CC2)c1[N+](=O)[O-]. The van der Waals surface area contributed by atoms with Crippen LogP contribution in [0.4, 0.5) is 5.69 Å². The van der Waals surface area contributed by atoms with Gasteiger partial charge in [-0.15, -0.1) is 0 Å². The molecule has 166 valence electrons. The minimum absolute atomic E-state index is 0.113. The standard InChI is InChI=1S/C21H24N2O7S/c1-29-14-9-7-13(8-10-14)15-11-12-18(20(30-2)19(15)23(25)26)31(27,28)17-6-4-3-5-16(17)21(22)24/h3-6,11-14H,7-10H2,1-2H3,(H2,22,24)/t13-,14+. The Hall–Kier alpha value is -2.98. The van der Waals surface area contributed by atoms with Crippen molar-refractivity contribution in [2.24, 2.45) is 5.73 Å². The number of nitro benzene ring substituents is 1. The molecule has 9 nitrogen and oxygen atoms in total. The summed E-state index contributed by atoms with van der Waals surface area (Å²) >= 11 is 0. The third-order valence-corrected chi connectivity index (χ3v) is 7.53. The molecule has 2 aromatic rings. The largest absolute Gasteiger partial charge is 0.489 e. The first kappa shape index (κ1) is 22.7. The van der Waals surface area contributed by atoms with E-state index in [1.54, 1.807) is 7.11 Å². The number of methoxy groups -OCH3 is 2. The zero-order valence-corrected chi connectivity index (χ0v) is 18.1. The lowest BCUT2D eigenvalue weighted by Crippen LogP contribution is -2.20. The van der Waals surface area contributed by atoms with Crippen molar-refractivity contribution in [3.63, 3.8) is 0 Å². The summed E-state index contributed by atoms with van der Waals surface area (Å²) in [4.78, 5) is 22.4. The molecule has 1 saturated carbocycles. The summed E-state index contributed by atoms with van der Waals surface area (Å²) in [5.41, 5.74) is 5.18. The molecule has 2 N–H and O–H groups in total. The van der Waals surface area contributed by atoms with Crippen molar-refractivity contribution < 1.29 is 27.6 Å². The molecule has 0 heterocycles. The molecular weight excluding hydrogens is 424 g/mol. The van der Waals surface area contributed by atoms with E-state index in [1.807, 2.05) is 0 Å². The van der Waals surface area contributed by atoms with Crippen LogP contribution in [-0.4, -0.2) is 39.6 Å². The number of nitrogens with zero attached hydrogens (tertiary/aromatic N) is 1. The lowest BCUT2D eigenvalue weighted by atomic mass is 9.82. The molecule has 0 spiro atoms. The van der Waals surface area contributed by atoms with E-state index in [-0.39, 0.29) is 38.8 Å². The van der Waals surface area contributed by atoms with Crippen LogP contribution in [0.3, 0.4) is 0 Å². The van der Waals surface area contributed by atoms with E-state index in [0.29, 0.717) is 18.4 Å². The van der Waals surface area contributed by atoms with Crippen LogP contribution in [-0.2, 0) is 14.6 Å². The number of sulfone groups is 1. The smallest absolute Gasteiger partial charge is 0.315 e. The first-order valence-corrected chi connectivity index (χ1v) is 11.2. The monoisotopic (exact) mass is 448 g/mol. The number of nitro groups is 1. The van der Waals surface area contributed by atoms with E-state index < -0.39 is 20.7 Å². The lowest BCUT2D eigenvalue weighted by Gasteiger charge is -2.28. The van der Waals surface area contributed by atoms with E-state index in [0.717, 1.165) is 12.8 Å². The van der Waals surface area contributed by atoms with Crippen molar-refractivity contribution in [1.29, 1.82) is 0 Å². The molecule has 1 aliphatic carbocycles. The molecule has 0 aliphatic heterocycles. The van der Waals surface area contributed by atoms with Gasteiger partial charge >= 0.3 is 5.69 Å². The van der Waals surface area contributed by atoms with Crippen LogP contribution in [0.25, 0.3) is 0 Å². The number of benzene rings is 2. The van der Waals surface area contributed by atoms with Crippen molar-refractivity contribution in [2.45, 2.75) is 47.5 Å². The summed E-state index contributed by atoms with van der Waals surface area (Å²) in [6.45, 7) is 0. The van der Waals surface area contributed by atoms with Crippen LogP contribution < -0.4 is 10.5 Å². The van der Waals surface area contributed by atoms with Crippen LogP contribution in [0, 0.1) is 10.1 Å². The molecule has 1 aliphatic rings. The van der Waals surface area contributed by atoms with E-state index in [9.17, 15) is 23.3 Å². The Balaban J connectivity index is 2.16. The van der Waals surface area contributed by atoms with Crippen LogP contribution in [0.5, 0.6) is 5.75 Å². The fourth-order valence-corrected chi connectivity index (χ4v) is 5.75. The van der Waals surface area contributed by atoms with Gasteiger partial charge in [0.05, 0.1) is 28.6 Å². The molecule has 0 atom stereocenters. The van der Waals surface area contributed by atoms with E-state index in [2.05, 4.69) is 0 Å². The van der Waals surface area contributed by atoms with Crippen molar-refractivity contribution >= 4 is 21.4 Å². The Labute approximate surface area is 180 Å². The number of ether oxygens (including phenoxy) is 2. The van der Waals surface area contributed by atoms with Gasteiger partial charge in [-0.25, -0.2) is 8.42 Å². The van der Waals surface area contributed by atoms with Gasteiger partial charge in [-0.05, 0) is 49.8 Å². The number of primary amides is 1. The minimum Gasteiger partial charge on any atom is -0.489 e. The molecule has 2 aromatic carbocycles. The zero-order chi connectivity index (χ0) is 22.8. The number of carbonyl (C=O) groups excluding carboxylic acids is 1. The first-order valence-electron chi connectivity index (χ1n) is 9.74. The summed E-state index contributed by atoms with van der Waals surface area (Å²) < 4.78 is 37.3. The maximum absolute atomic E-state index is 13.4. The van der Waals surface area contributed by atoms with E-state index >= 15 is 0 Å². The molecule has 0 unspecified atom stereocenters. The third-order valence-electron chi connectivity index (χ3n) is 5.69. The van der Waals surface area contributed by atoms with Crippen molar-refractivity contribution in [1.82, 2.24) is 0 Å². The molecular formula is C21H24N2O7S. The predicted molar refractivity (Wildman–Crippen MR) is 112 cm³/mol. The summed E-state index contributed by atoms with van der Waals surface area (Å²) in [5.74, 6) is -1.38. The molecule has 10 heteroatoms. The van der Waals surface area contributed by atoms with Gasteiger partial charge in [-0.1, -0.05) is 18.2 Å². The maximum atomic E-state index is 13.4. The quantitative estimate of drug-likeness (QED) is 0.507. The van der Waals surface area contributed by atoms with Crippen molar-refractivity contribution in [3.05, 3.63) is 57.6 Å². The Kier molecular flexibility index (Phi) is 6.61. The van der Waals surface area contributed by atoms with Crippen LogP contribution in [0.15, 0.2) is 46.2 Å². The fourth-order valence-electron chi connectivity index (χ4n) is 4.13. The summed E-state index contributed by atoms with van der Waals surface area (Å²) in [7, 11) is -1.50. The minimum atomic E-state index is -4.32. The van der Waals surface area contributed by atoms with Gasteiger partial charge in [0.25, 0.3) is 0 Å². The van der Waals surface area contributed by atoms with Gasteiger partial charge in [0, 0.05) is 12.7 Å². The Morgan fingerprint density at radius 3 is 2.26 bits per heavy atom. The number of carbonyl (C=O) groups is 1. The normalized spacial score (nSPS) is 19.0. The highest BCUT2D eigenvalue weighted by Crippen LogP contribution is 2.45. The summed E-state index contributed by atoms with van der Waals surface area (Å²) in [6, 6.07) is 8.23. The lowest BCUT2D eigenvalue weighted by molar-refractivity contribution is -0.386. The highest BCUT2D eigenvalue weighted by molar-refractivity contribution is 7.91. The number of rotatable bonds is 7. The molecule has 0 bridgehead atoms. The van der Waals surface area contributed by atoms with Gasteiger partial charge in [0.15, 0.2) is 0 Å². The molecule has 31 heavy (non-hydrogen) atoms. The number of nitrogens with two attached hydrogens (primary N) is 1. The highest BCUT2D eigenvalue weighted by Gasteiger charge is 2.36. The molecule has 0 radical (unpaired) electrons. The molecule has 1 amide bonds. The second-order valence-corrected chi connectivity index (χ2v) is 9.25.